The quantitative estimate of drug-likeness (QED) is 0.0391. The largest absolute Gasteiger partial charge is 2.00 e. The number of alkyl halides is 12. The zero-order chi connectivity index (χ0) is 73.2. The monoisotopic (exact) mass is 1630 g/mol. The molecule has 7 aromatic carbocycles. The molecule has 0 amide bonds. The Hall–Kier alpha value is -7.12. The molecule has 0 heterocycles. The number of benzene rings is 7. The summed E-state index contributed by atoms with van der Waals surface area (Å²) >= 11 is 0. The van der Waals surface area contributed by atoms with Crippen LogP contribution < -0.4 is 0 Å². The van der Waals surface area contributed by atoms with Gasteiger partial charge >= 0.3 is 50.9 Å². The minimum Gasteiger partial charge on any atom is -0.662 e. The van der Waals surface area contributed by atoms with E-state index in [4.69, 9.17) is 0 Å². The summed E-state index contributed by atoms with van der Waals surface area (Å²) in [6, 6.07) is 64.1. The number of aliphatic hydroxyl groups is 5. The third-order valence-electron chi connectivity index (χ3n) is 12.5. The molecule has 4 atom stereocenters. The Morgan fingerprint density at radius 1 is 0.330 bits per heavy atom. The molecule has 7 aromatic rings. The van der Waals surface area contributed by atoms with Crippen molar-refractivity contribution in [2.45, 2.75) is 155 Å². The van der Waals surface area contributed by atoms with Crippen LogP contribution >= 0.6 is 0 Å². The summed E-state index contributed by atoms with van der Waals surface area (Å²) in [6.07, 6.45) is -19.0. The van der Waals surface area contributed by atoms with Crippen LogP contribution in [0.3, 0.4) is 0 Å². The summed E-state index contributed by atoms with van der Waals surface area (Å²) < 4.78 is 149. The second-order valence-electron chi connectivity index (χ2n) is 23.4. The second-order valence-corrected chi connectivity index (χ2v) is 23.4. The second kappa shape index (κ2) is 51.1. The third kappa shape index (κ3) is 48.5. The van der Waals surface area contributed by atoms with Gasteiger partial charge in [0, 0.05) is 74.7 Å². The van der Waals surface area contributed by atoms with E-state index in [0.717, 1.165) is 50.2 Å². The van der Waals surface area contributed by atoms with Crippen LogP contribution in [0.4, 0.5) is 105 Å². The standard InChI is InChI=1S/4C12H14F3NO.C12H16NO.2C7H7.5FH.2Zr/c4*1-9(8-11(2,17)12(13,14)15)16-10-6-4-3-5-7-10;1-10(9-12(2,3)14)13-11-7-5-4-6-8-11;2*1-7-5-3-2-4-6-7;;;;;;;/h4*3-7,17H,8H2,1-2H3;4-9,14H,1-3H3;2*2-6H,1H2;5*1H;;/q;;;;3*-1;;;;;;;+2. The van der Waals surface area contributed by atoms with Crippen LogP contribution in [0.15, 0.2) is 244 Å². The molecule has 0 saturated heterocycles. The molecule has 0 radical (unpaired) electrons. The number of hydrogen-bond donors (Lipinski definition) is 5. The van der Waals surface area contributed by atoms with Gasteiger partial charge in [-0.15, -0.1) is 30.0 Å². The van der Waals surface area contributed by atoms with E-state index in [2.05, 4.69) is 39.1 Å². The van der Waals surface area contributed by atoms with Crippen LogP contribution in [0.5, 0.6) is 0 Å². The molecule has 0 fully saturated rings. The molecule has 0 saturated carbocycles. The summed E-state index contributed by atoms with van der Waals surface area (Å²) in [5.41, 5.74) is -4.66. The van der Waals surface area contributed by atoms with E-state index in [0.29, 0.717) is 22.7 Å². The van der Waals surface area contributed by atoms with E-state index < -0.39 is 78.4 Å². The maximum Gasteiger partial charge on any atom is 2.00 e. The maximum atomic E-state index is 12.4. The van der Waals surface area contributed by atoms with Gasteiger partial charge < -0.3 is 30.8 Å². The number of halogens is 17. The van der Waals surface area contributed by atoms with E-state index in [9.17, 15) is 78.2 Å². The molecule has 4 unspecified atom stereocenters. The van der Waals surface area contributed by atoms with Crippen LogP contribution in [0.1, 0.15) is 113 Å². The molecular weight excluding hydrogens is 1540 g/mol. The number of hydrogen-bond acceptors (Lipinski definition) is 9. The SMILES string of the molecule is CC(=CC(C)(C)O)[N-]c1ccccc1.CC(CC(C)(O)C(F)(F)F)=Nc1ccccc1.CC(CC(C)(O)C(F)(F)F)=Nc1ccccc1.CC(CC(C)(O)C(F)(F)F)=Nc1ccccc1.CC(CC(C)(O)C(F)(F)F)=Nc1ccccc1.F.F.F.F.F.[CH2-]c1ccccc1.[CH2-]c1ccccc1.[Zr+2].[Zr]. The molecule has 570 valence electrons. The first kappa shape index (κ1) is 109. The van der Waals surface area contributed by atoms with Crippen LogP contribution in [0.25, 0.3) is 5.32 Å². The van der Waals surface area contributed by atoms with Gasteiger partial charge in [-0.3, -0.25) is 43.5 Å². The number of nitrogens with zero attached hydrogens (tertiary/aromatic N) is 5. The fourth-order valence-corrected chi connectivity index (χ4v) is 7.65. The van der Waals surface area contributed by atoms with E-state index in [-0.39, 0.29) is 98.8 Å². The molecule has 10 nitrogen and oxygen atoms in total. The summed E-state index contributed by atoms with van der Waals surface area (Å²) in [4.78, 5) is 16.1. The zero-order valence-electron chi connectivity index (χ0n) is 58.6. The molecule has 0 aliphatic rings. The summed E-state index contributed by atoms with van der Waals surface area (Å²) in [6.45, 7) is 21.6. The van der Waals surface area contributed by atoms with Gasteiger partial charge in [-0.25, -0.2) is 0 Å². The van der Waals surface area contributed by atoms with E-state index >= 15 is 0 Å². The minimum atomic E-state index is -4.65. The Morgan fingerprint density at radius 3 is 0.641 bits per heavy atom. The molecule has 0 spiro atoms. The molecule has 0 bridgehead atoms. The first-order valence-corrected chi connectivity index (χ1v) is 29.6. The molecule has 0 aromatic heterocycles. The predicted molar refractivity (Wildman–Crippen MR) is 376 cm³/mol. The summed E-state index contributed by atoms with van der Waals surface area (Å²) in [7, 11) is 0. The Bertz CT molecular complexity index is 3100. The van der Waals surface area contributed by atoms with Crippen molar-refractivity contribution in [1.82, 2.24) is 0 Å². The average molecular weight is 1640 g/mol. The first-order chi connectivity index (χ1) is 44.1. The first-order valence-electron chi connectivity index (χ1n) is 29.6. The van der Waals surface area contributed by atoms with Crippen molar-refractivity contribution in [3.63, 3.8) is 0 Å². The summed E-state index contributed by atoms with van der Waals surface area (Å²) in [5, 5.41) is 51.0. The van der Waals surface area contributed by atoms with Crippen molar-refractivity contribution < 1.29 is 154 Å². The number of rotatable bonds is 15. The maximum absolute atomic E-state index is 12.4. The van der Waals surface area contributed by atoms with Crippen molar-refractivity contribution in [3.8, 4) is 0 Å². The van der Waals surface area contributed by atoms with Crippen LogP contribution in [-0.2, 0) is 52.4 Å². The van der Waals surface area contributed by atoms with Crippen LogP contribution in [0.2, 0.25) is 0 Å². The Morgan fingerprint density at radius 2 is 0.495 bits per heavy atom. The van der Waals surface area contributed by atoms with Gasteiger partial charge in [0.25, 0.3) is 0 Å². The molecule has 103 heavy (non-hydrogen) atoms. The molecule has 5 N–H and O–H groups in total. The normalized spacial score (nSPS) is 13.9. The van der Waals surface area contributed by atoms with Crippen molar-refractivity contribution in [1.29, 1.82) is 0 Å². The smallest absolute Gasteiger partial charge is 0.662 e. The van der Waals surface area contributed by atoms with Crippen LogP contribution in [-0.4, -0.2) is 101 Å². The van der Waals surface area contributed by atoms with Crippen molar-refractivity contribution in [2.75, 3.05) is 0 Å². The number of allylic oxidation sites excluding steroid dienone is 1. The predicted octanol–water partition coefficient (Wildman–Crippen LogP) is 21.8. The zero-order valence-corrected chi connectivity index (χ0v) is 63.5. The molecule has 0 aliphatic carbocycles. The minimum absolute atomic E-state index is 0. The van der Waals surface area contributed by atoms with Gasteiger partial charge in [0.1, 0.15) is 0 Å². The van der Waals surface area contributed by atoms with Gasteiger partial charge in [-0.1, -0.05) is 128 Å². The fourth-order valence-electron chi connectivity index (χ4n) is 7.65. The van der Waals surface area contributed by atoms with Crippen molar-refractivity contribution in [3.05, 3.63) is 254 Å². The van der Waals surface area contributed by atoms with Crippen molar-refractivity contribution in [2.24, 2.45) is 20.0 Å². The van der Waals surface area contributed by atoms with E-state index in [1.807, 2.05) is 97.9 Å². The van der Waals surface area contributed by atoms with Gasteiger partial charge in [-0.2, -0.15) is 108 Å². The topological polar surface area (TPSA) is 165 Å². The molecule has 29 heteroatoms. The van der Waals surface area contributed by atoms with E-state index in [1.165, 1.54) is 27.7 Å². The van der Waals surface area contributed by atoms with Gasteiger partial charge in [0.05, 0.1) is 28.4 Å². The number of para-hydroxylation sites is 5. The average Bonchev–Trinajstić information content (AvgIpc) is 0.852. The fraction of sp³-hybridized carbons (Fsp3) is 0.324. The Kier molecular flexibility index (Phi) is 54.2. The molecule has 7 rings (SSSR count). The number of aliphatic imine (C=N–C) groups is 4. The Labute approximate surface area is 630 Å². The van der Waals surface area contributed by atoms with Gasteiger partial charge in [-0.05, 0) is 118 Å². The molecule has 0 aliphatic heterocycles. The third-order valence-corrected chi connectivity index (χ3v) is 12.5. The Balaban J connectivity index is -0.000000210. The van der Waals surface area contributed by atoms with Gasteiger partial charge in [0.2, 0.25) is 0 Å². The van der Waals surface area contributed by atoms with Gasteiger partial charge in [0.15, 0.2) is 22.4 Å². The molecular formula is C74H91F17N5O5Zr2-. The van der Waals surface area contributed by atoms with Crippen molar-refractivity contribution >= 4 is 51.3 Å². The van der Waals surface area contributed by atoms with Crippen LogP contribution in [0, 0.1) is 13.8 Å². The summed E-state index contributed by atoms with van der Waals surface area (Å²) in [5.74, 6) is 0. The van der Waals surface area contributed by atoms with E-state index in [1.54, 1.807) is 141 Å².